The molecule has 0 aliphatic rings. The van der Waals surface area contributed by atoms with Gasteiger partial charge >= 0.3 is 12.1 Å². The van der Waals surface area contributed by atoms with E-state index in [2.05, 4.69) is 20.7 Å². The summed E-state index contributed by atoms with van der Waals surface area (Å²) in [4.78, 5) is 50.4. The number of benzene rings is 3. The molecule has 0 saturated heterocycles. The third kappa shape index (κ3) is 6.69. The van der Waals surface area contributed by atoms with Crippen molar-refractivity contribution in [2.75, 3.05) is 20.2 Å². The van der Waals surface area contributed by atoms with Crippen LogP contribution in [0.3, 0.4) is 0 Å². The maximum Gasteiger partial charge on any atom is 0.407 e. The van der Waals surface area contributed by atoms with E-state index >= 15 is 0 Å². The van der Waals surface area contributed by atoms with Crippen molar-refractivity contribution in [1.29, 1.82) is 0 Å². The second-order valence-electron chi connectivity index (χ2n) is 7.70. The van der Waals surface area contributed by atoms with E-state index in [1.54, 1.807) is 72.8 Å². The molecule has 0 unspecified atom stereocenters. The Morgan fingerprint density at radius 1 is 0.722 bits per heavy atom. The fraction of sp³-hybridized carbons (Fsp3) is 0.185. The van der Waals surface area contributed by atoms with Crippen molar-refractivity contribution >= 4 is 23.9 Å². The summed E-state index contributed by atoms with van der Waals surface area (Å²) in [6.07, 6.45) is -0.783. The fourth-order valence-electron chi connectivity index (χ4n) is 3.54. The molecule has 3 rings (SSSR count). The van der Waals surface area contributed by atoms with Crippen LogP contribution in [0.5, 0.6) is 0 Å². The highest BCUT2D eigenvalue weighted by Crippen LogP contribution is 2.30. The highest BCUT2D eigenvalue weighted by molar-refractivity contribution is 5.97. The van der Waals surface area contributed by atoms with E-state index in [9.17, 15) is 19.2 Å². The van der Waals surface area contributed by atoms with Gasteiger partial charge in [-0.1, -0.05) is 91.0 Å². The summed E-state index contributed by atoms with van der Waals surface area (Å²) in [7, 11) is 1.21. The molecule has 0 bridgehead atoms. The zero-order valence-corrected chi connectivity index (χ0v) is 19.7. The third-order valence-corrected chi connectivity index (χ3v) is 5.31. The van der Waals surface area contributed by atoms with Gasteiger partial charge in [0.15, 0.2) is 5.54 Å². The van der Waals surface area contributed by atoms with Gasteiger partial charge in [0.1, 0.15) is 19.7 Å². The van der Waals surface area contributed by atoms with Gasteiger partial charge in [0.05, 0.1) is 7.11 Å². The topological polar surface area (TPSA) is 123 Å². The molecule has 0 aliphatic carbocycles. The first-order chi connectivity index (χ1) is 17.5. The molecule has 3 amide bonds. The summed E-state index contributed by atoms with van der Waals surface area (Å²) in [5.74, 6) is -1.94. The van der Waals surface area contributed by atoms with E-state index in [-0.39, 0.29) is 6.61 Å². The maximum atomic E-state index is 13.6. The normalized spacial score (nSPS) is 10.6. The van der Waals surface area contributed by atoms with Crippen LogP contribution < -0.4 is 16.0 Å². The van der Waals surface area contributed by atoms with Gasteiger partial charge in [-0.2, -0.15) is 0 Å². The first kappa shape index (κ1) is 26.0. The highest BCUT2D eigenvalue weighted by Gasteiger charge is 2.43. The Labute approximate surface area is 208 Å². The van der Waals surface area contributed by atoms with Gasteiger partial charge in [-0.05, 0) is 16.7 Å². The number of alkyl carbamates (subject to hydrolysis) is 1. The van der Waals surface area contributed by atoms with Crippen LogP contribution in [0.4, 0.5) is 4.79 Å². The zero-order chi connectivity index (χ0) is 25.8. The van der Waals surface area contributed by atoms with Crippen molar-refractivity contribution in [3.05, 3.63) is 108 Å². The number of amides is 3. The molecule has 3 aromatic carbocycles. The van der Waals surface area contributed by atoms with Crippen molar-refractivity contribution in [2.24, 2.45) is 0 Å². The number of carbonyl (C=O) groups excluding carboxylic acids is 4. The minimum absolute atomic E-state index is 0.0438. The van der Waals surface area contributed by atoms with Crippen molar-refractivity contribution in [3.63, 3.8) is 0 Å². The van der Waals surface area contributed by atoms with Gasteiger partial charge in [0, 0.05) is 0 Å². The lowest BCUT2D eigenvalue weighted by atomic mass is 9.81. The van der Waals surface area contributed by atoms with Crippen LogP contribution in [0.25, 0.3) is 0 Å². The average molecular weight is 490 g/mol. The molecule has 9 heteroatoms. The number of carbonyl (C=O) groups is 4. The molecular formula is C27H27N3O6. The van der Waals surface area contributed by atoms with E-state index in [0.29, 0.717) is 11.1 Å². The lowest BCUT2D eigenvalue weighted by Crippen LogP contribution is -2.59. The number of rotatable bonds is 10. The van der Waals surface area contributed by atoms with E-state index in [1.807, 2.05) is 18.2 Å². The van der Waals surface area contributed by atoms with E-state index < -0.39 is 42.5 Å². The van der Waals surface area contributed by atoms with E-state index in [1.165, 1.54) is 7.11 Å². The van der Waals surface area contributed by atoms with Crippen LogP contribution in [-0.2, 0) is 36.0 Å². The Balaban J connectivity index is 1.81. The minimum atomic E-state index is -1.69. The summed E-state index contributed by atoms with van der Waals surface area (Å²) in [5.41, 5.74) is 0.0205. The van der Waals surface area contributed by atoms with Crippen molar-refractivity contribution in [3.8, 4) is 0 Å². The standard InChI is InChI=1S/C27H27N3O6/c1-35-24(32)18-28-25(33)27(21-13-7-3-8-14-21,22-15-9-4-10-16-22)30-23(31)17-29-26(34)36-19-20-11-5-2-6-12-20/h2-16H,17-19H2,1H3,(H,28,33)(H,29,34)(H,30,31). The Morgan fingerprint density at radius 2 is 1.25 bits per heavy atom. The van der Waals surface area contributed by atoms with Crippen molar-refractivity contribution in [1.82, 2.24) is 16.0 Å². The molecule has 0 aromatic heterocycles. The monoisotopic (exact) mass is 489 g/mol. The predicted octanol–water partition coefficient (Wildman–Crippen LogP) is 2.26. The number of hydrogen-bond donors (Lipinski definition) is 3. The predicted molar refractivity (Wildman–Crippen MR) is 131 cm³/mol. The Kier molecular flexibility index (Phi) is 9.16. The van der Waals surface area contributed by atoms with Gasteiger partial charge in [-0.25, -0.2) is 4.79 Å². The second-order valence-corrected chi connectivity index (χ2v) is 7.70. The lowest BCUT2D eigenvalue weighted by molar-refractivity contribution is -0.142. The molecule has 0 atom stereocenters. The van der Waals surface area contributed by atoms with Crippen LogP contribution in [0.15, 0.2) is 91.0 Å². The first-order valence-electron chi connectivity index (χ1n) is 11.2. The molecule has 0 saturated carbocycles. The summed E-state index contributed by atoms with van der Waals surface area (Å²) in [6.45, 7) is -0.793. The Morgan fingerprint density at radius 3 is 1.78 bits per heavy atom. The SMILES string of the molecule is COC(=O)CNC(=O)C(NC(=O)CNC(=O)OCc1ccccc1)(c1ccccc1)c1ccccc1. The molecule has 186 valence electrons. The molecule has 3 aromatic rings. The largest absolute Gasteiger partial charge is 0.468 e. The molecule has 9 nitrogen and oxygen atoms in total. The number of ether oxygens (including phenoxy) is 2. The lowest BCUT2D eigenvalue weighted by Gasteiger charge is -2.34. The van der Waals surface area contributed by atoms with Crippen molar-refractivity contribution < 1.29 is 28.7 Å². The number of esters is 1. The van der Waals surface area contributed by atoms with Crippen LogP contribution in [0.2, 0.25) is 0 Å². The number of methoxy groups -OCH3 is 1. The van der Waals surface area contributed by atoms with Gasteiger partial charge in [0.2, 0.25) is 5.91 Å². The average Bonchev–Trinajstić information content (AvgIpc) is 2.93. The highest BCUT2D eigenvalue weighted by atomic mass is 16.5. The van der Waals surface area contributed by atoms with Crippen LogP contribution in [-0.4, -0.2) is 44.1 Å². The minimum Gasteiger partial charge on any atom is -0.468 e. The van der Waals surface area contributed by atoms with Gasteiger partial charge < -0.3 is 25.4 Å². The summed E-state index contributed by atoms with van der Waals surface area (Å²) >= 11 is 0. The van der Waals surface area contributed by atoms with Crippen molar-refractivity contribution in [2.45, 2.75) is 12.1 Å². The Bertz CT molecular complexity index is 1130. The first-order valence-corrected chi connectivity index (χ1v) is 11.2. The molecule has 3 N–H and O–H groups in total. The maximum absolute atomic E-state index is 13.6. The van der Waals surface area contributed by atoms with E-state index in [0.717, 1.165) is 5.56 Å². The summed E-state index contributed by atoms with van der Waals surface area (Å²) < 4.78 is 9.77. The van der Waals surface area contributed by atoms with Crippen LogP contribution >= 0.6 is 0 Å². The molecule has 36 heavy (non-hydrogen) atoms. The third-order valence-electron chi connectivity index (χ3n) is 5.31. The number of nitrogens with one attached hydrogen (secondary N) is 3. The van der Waals surface area contributed by atoms with Gasteiger partial charge in [-0.15, -0.1) is 0 Å². The zero-order valence-electron chi connectivity index (χ0n) is 19.7. The molecule has 0 radical (unpaired) electrons. The summed E-state index contributed by atoms with van der Waals surface area (Å²) in [5, 5.41) is 7.70. The smallest absolute Gasteiger partial charge is 0.407 e. The molecular weight excluding hydrogens is 462 g/mol. The van der Waals surface area contributed by atoms with Crippen LogP contribution in [0.1, 0.15) is 16.7 Å². The Hall–Kier alpha value is -4.66. The van der Waals surface area contributed by atoms with E-state index in [4.69, 9.17) is 4.74 Å². The van der Waals surface area contributed by atoms with Gasteiger partial charge in [-0.3, -0.25) is 14.4 Å². The molecule has 0 aliphatic heterocycles. The summed E-state index contributed by atoms with van der Waals surface area (Å²) in [6, 6.07) is 26.3. The van der Waals surface area contributed by atoms with Gasteiger partial charge in [0.25, 0.3) is 5.91 Å². The van der Waals surface area contributed by atoms with Crippen LogP contribution in [0, 0.1) is 0 Å². The fourth-order valence-corrected chi connectivity index (χ4v) is 3.54. The molecule has 0 spiro atoms. The second kappa shape index (κ2) is 12.7. The number of hydrogen-bond acceptors (Lipinski definition) is 6. The quantitative estimate of drug-likeness (QED) is 0.376. The molecule has 0 fully saturated rings. The molecule has 0 heterocycles.